The molecule has 1 aliphatic heterocycles. The van der Waals surface area contributed by atoms with E-state index in [-0.39, 0.29) is 0 Å². The van der Waals surface area contributed by atoms with Crippen LogP contribution in [0.5, 0.6) is 0 Å². The number of hydrogen-bond acceptors (Lipinski definition) is 5. The number of alkyl halides is 3. The highest BCUT2D eigenvalue weighted by molar-refractivity contribution is 5.73. The molecule has 2 aromatic heterocycles. The second-order valence-corrected chi connectivity index (χ2v) is 7.85. The van der Waals surface area contributed by atoms with Gasteiger partial charge in [0.2, 0.25) is 0 Å². The third-order valence-electron chi connectivity index (χ3n) is 5.18. The van der Waals surface area contributed by atoms with Crippen molar-refractivity contribution in [3.05, 3.63) is 47.5 Å². The lowest BCUT2D eigenvalue weighted by molar-refractivity contribution is -0.192. The van der Waals surface area contributed by atoms with Gasteiger partial charge in [0, 0.05) is 56.7 Å². The number of carboxylic acids is 1. The molecule has 0 amide bonds. The van der Waals surface area contributed by atoms with Crippen LogP contribution < -0.4 is 0 Å². The highest BCUT2D eigenvalue weighted by Gasteiger charge is 2.38. The zero-order valence-electron chi connectivity index (χ0n) is 17.4. The average molecular weight is 440 g/mol. The molecule has 2 aromatic rings. The van der Waals surface area contributed by atoms with E-state index in [1.807, 2.05) is 12.3 Å². The number of aliphatic carboxylic acids is 1. The summed E-state index contributed by atoms with van der Waals surface area (Å²) in [6.07, 6.45) is 1.78. The maximum Gasteiger partial charge on any atom is 0.490 e. The van der Waals surface area contributed by atoms with Crippen LogP contribution in [0.4, 0.5) is 13.2 Å². The van der Waals surface area contributed by atoms with Crippen molar-refractivity contribution in [2.24, 2.45) is 5.92 Å². The quantitative estimate of drug-likeness (QED) is 0.710. The molecule has 0 bridgehead atoms. The molecule has 2 aliphatic rings. The lowest BCUT2D eigenvalue weighted by Gasteiger charge is -2.31. The minimum absolute atomic E-state index is 0.408. The number of carboxylic acid groups (broad SMARTS) is 1. The van der Waals surface area contributed by atoms with E-state index in [2.05, 4.69) is 39.8 Å². The van der Waals surface area contributed by atoms with Crippen molar-refractivity contribution in [1.82, 2.24) is 19.7 Å². The van der Waals surface area contributed by atoms with Gasteiger partial charge in [-0.05, 0) is 37.8 Å². The molecule has 170 valence electrons. The topological polar surface area (TPSA) is 80.5 Å². The monoisotopic (exact) mass is 440 g/mol. The molecular weight excluding hydrogens is 413 g/mol. The fraction of sp³-hybridized carbons (Fsp3) is 0.571. The fourth-order valence-corrected chi connectivity index (χ4v) is 3.53. The van der Waals surface area contributed by atoms with Gasteiger partial charge in [-0.2, -0.15) is 18.3 Å². The molecule has 0 saturated heterocycles. The molecule has 0 radical (unpaired) electrons. The fourth-order valence-electron chi connectivity index (χ4n) is 3.53. The molecule has 7 nitrogen and oxygen atoms in total. The molecule has 0 aromatic carbocycles. The predicted octanol–water partition coefficient (Wildman–Crippen LogP) is 3.46. The van der Waals surface area contributed by atoms with E-state index in [1.54, 1.807) is 0 Å². The van der Waals surface area contributed by atoms with Gasteiger partial charge in [-0.25, -0.2) is 4.79 Å². The zero-order valence-corrected chi connectivity index (χ0v) is 17.4. The molecule has 31 heavy (non-hydrogen) atoms. The number of aromatic nitrogens is 3. The number of halogens is 3. The van der Waals surface area contributed by atoms with Crippen molar-refractivity contribution in [3.8, 4) is 0 Å². The number of rotatable bonds is 7. The molecule has 1 aliphatic carbocycles. The standard InChI is InChI=1S/C19H26N4O.C2HF3O2/c1-2-24-14-16-10-22(11-17-5-3-4-8-20-17)13-19-18(16)12-23(21-19)9-15-6-7-15;3-2(4,5)1(6)7/h3-5,8,12,15-16H,2,6-7,9-11,13-14H2,1H3;(H,6,7). The third kappa shape index (κ3) is 7.03. The van der Waals surface area contributed by atoms with Gasteiger partial charge in [0.15, 0.2) is 0 Å². The van der Waals surface area contributed by atoms with E-state index in [4.69, 9.17) is 19.7 Å². The molecule has 4 rings (SSSR count). The largest absolute Gasteiger partial charge is 0.490 e. The molecule has 1 fully saturated rings. The average Bonchev–Trinajstić information content (AvgIpc) is 3.43. The Bertz CT molecular complexity index is 853. The summed E-state index contributed by atoms with van der Waals surface area (Å²) in [6.45, 7) is 7.48. The van der Waals surface area contributed by atoms with Crippen molar-refractivity contribution in [2.75, 3.05) is 19.8 Å². The van der Waals surface area contributed by atoms with E-state index in [0.29, 0.717) is 5.92 Å². The summed E-state index contributed by atoms with van der Waals surface area (Å²) in [5.41, 5.74) is 3.73. The Labute approximate surface area is 178 Å². The first-order chi connectivity index (χ1) is 14.8. The second-order valence-electron chi connectivity index (χ2n) is 7.85. The van der Waals surface area contributed by atoms with Crippen LogP contribution in [-0.4, -0.2) is 56.7 Å². The molecule has 1 N–H and O–H groups in total. The SMILES string of the molecule is CCOCC1CN(Cc2ccccn2)Cc2nn(CC3CC3)cc21.O=C(O)C(F)(F)F. The maximum atomic E-state index is 10.6. The van der Waals surface area contributed by atoms with Crippen LogP contribution in [0.3, 0.4) is 0 Å². The van der Waals surface area contributed by atoms with Crippen molar-refractivity contribution in [2.45, 2.75) is 51.5 Å². The van der Waals surface area contributed by atoms with Crippen LogP contribution in [0.1, 0.15) is 42.6 Å². The first kappa shape index (κ1) is 23.2. The van der Waals surface area contributed by atoms with E-state index in [1.165, 1.54) is 24.1 Å². The third-order valence-corrected chi connectivity index (χ3v) is 5.18. The lowest BCUT2D eigenvalue weighted by Crippen LogP contribution is -2.35. The molecule has 1 unspecified atom stereocenters. The van der Waals surface area contributed by atoms with Crippen molar-refractivity contribution in [3.63, 3.8) is 0 Å². The Hall–Kier alpha value is -2.46. The van der Waals surface area contributed by atoms with Gasteiger partial charge in [-0.3, -0.25) is 14.6 Å². The number of carbonyl (C=O) groups is 1. The van der Waals surface area contributed by atoms with Crippen LogP contribution >= 0.6 is 0 Å². The van der Waals surface area contributed by atoms with Gasteiger partial charge in [0.05, 0.1) is 18.0 Å². The number of nitrogens with zero attached hydrogens (tertiary/aromatic N) is 4. The normalized spacial score (nSPS) is 18.8. The van der Waals surface area contributed by atoms with Crippen LogP contribution in [0.15, 0.2) is 30.6 Å². The number of pyridine rings is 1. The number of hydrogen-bond donors (Lipinski definition) is 1. The molecule has 1 atom stereocenters. The van der Waals surface area contributed by atoms with Crippen LogP contribution in [0, 0.1) is 5.92 Å². The van der Waals surface area contributed by atoms with Crippen LogP contribution in [0.2, 0.25) is 0 Å². The predicted molar refractivity (Wildman–Crippen MR) is 106 cm³/mol. The van der Waals surface area contributed by atoms with E-state index in [0.717, 1.165) is 51.0 Å². The maximum absolute atomic E-state index is 10.6. The smallest absolute Gasteiger partial charge is 0.475 e. The lowest BCUT2D eigenvalue weighted by atomic mass is 9.95. The Kier molecular flexibility index (Phi) is 7.66. The summed E-state index contributed by atoms with van der Waals surface area (Å²) in [6, 6.07) is 6.12. The summed E-state index contributed by atoms with van der Waals surface area (Å²) >= 11 is 0. The van der Waals surface area contributed by atoms with Gasteiger partial charge in [-0.1, -0.05) is 6.07 Å². The summed E-state index contributed by atoms with van der Waals surface area (Å²) in [4.78, 5) is 15.8. The van der Waals surface area contributed by atoms with E-state index < -0.39 is 12.1 Å². The molecule has 3 heterocycles. The summed E-state index contributed by atoms with van der Waals surface area (Å²) < 4.78 is 39.7. The summed E-state index contributed by atoms with van der Waals surface area (Å²) in [5.74, 6) is -1.50. The van der Waals surface area contributed by atoms with Crippen LogP contribution in [0.25, 0.3) is 0 Å². The number of fused-ring (bicyclic) bond motifs is 1. The second kappa shape index (κ2) is 10.2. The minimum Gasteiger partial charge on any atom is -0.475 e. The zero-order chi connectivity index (χ0) is 22.4. The summed E-state index contributed by atoms with van der Waals surface area (Å²) in [7, 11) is 0. The highest BCUT2D eigenvalue weighted by Crippen LogP contribution is 2.33. The molecule has 1 saturated carbocycles. The van der Waals surface area contributed by atoms with E-state index in [9.17, 15) is 13.2 Å². The van der Waals surface area contributed by atoms with Gasteiger partial charge in [-0.15, -0.1) is 0 Å². The first-order valence-corrected chi connectivity index (χ1v) is 10.3. The Balaban J connectivity index is 0.000000339. The Morgan fingerprint density at radius 3 is 2.65 bits per heavy atom. The van der Waals surface area contributed by atoms with Gasteiger partial charge >= 0.3 is 12.1 Å². The molecule has 10 heteroatoms. The van der Waals surface area contributed by atoms with Crippen molar-refractivity contribution in [1.29, 1.82) is 0 Å². The van der Waals surface area contributed by atoms with Crippen molar-refractivity contribution >= 4 is 5.97 Å². The number of ether oxygens (including phenoxy) is 1. The van der Waals surface area contributed by atoms with Crippen LogP contribution in [-0.2, 0) is 29.2 Å². The molecule has 0 spiro atoms. The Morgan fingerprint density at radius 2 is 2.06 bits per heavy atom. The summed E-state index contributed by atoms with van der Waals surface area (Å²) in [5, 5.41) is 12.0. The van der Waals surface area contributed by atoms with Gasteiger partial charge in [0.1, 0.15) is 0 Å². The first-order valence-electron chi connectivity index (χ1n) is 10.3. The minimum atomic E-state index is -5.08. The van der Waals surface area contributed by atoms with Crippen molar-refractivity contribution < 1.29 is 27.8 Å². The van der Waals surface area contributed by atoms with Gasteiger partial charge in [0.25, 0.3) is 0 Å². The van der Waals surface area contributed by atoms with Gasteiger partial charge < -0.3 is 9.84 Å². The molecular formula is C21H27F3N4O3. The Morgan fingerprint density at radius 1 is 1.32 bits per heavy atom. The highest BCUT2D eigenvalue weighted by atomic mass is 19.4. The van der Waals surface area contributed by atoms with E-state index >= 15 is 0 Å².